The van der Waals surface area contributed by atoms with Crippen LogP contribution in [-0.4, -0.2) is 0 Å². The molecule has 0 fully saturated rings. The summed E-state index contributed by atoms with van der Waals surface area (Å²) < 4.78 is 0. The Morgan fingerprint density at radius 3 is 2.24 bits per heavy atom. The molecule has 0 N–H and O–H groups in total. The highest BCUT2D eigenvalue weighted by atomic mass is 14.3. The predicted molar refractivity (Wildman–Crippen MR) is 77.6 cm³/mol. The maximum atomic E-state index is 2.41. The highest BCUT2D eigenvalue weighted by Crippen LogP contribution is 2.43. The van der Waals surface area contributed by atoms with Gasteiger partial charge in [-0.05, 0) is 41.7 Å². The Labute approximate surface area is 107 Å². The summed E-state index contributed by atoms with van der Waals surface area (Å²) in [6, 6.07) is 9.07. The maximum absolute atomic E-state index is 2.41. The molecule has 0 heterocycles. The summed E-state index contributed by atoms with van der Waals surface area (Å²) in [4.78, 5) is 0. The molecule has 1 aromatic carbocycles. The minimum Gasteiger partial charge on any atom is -0.0683 e. The third-order valence-electron chi connectivity index (χ3n) is 4.07. The zero-order chi connectivity index (χ0) is 12.8. The summed E-state index contributed by atoms with van der Waals surface area (Å²) in [5.41, 5.74) is 3.24. The molecule has 0 aromatic heterocycles. The first kappa shape index (κ1) is 14.3. The molecular weight excluding hydrogens is 204 g/mol. The third-order valence-corrected chi connectivity index (χ3v) is 4.07. The topological polar surface area (TPSA) is 0 Å². The van der Waals surface area contributed by atoms with E-state index >= 15 is 0 Å². The number of hydrogen-bond acceptors (Lipinski definition) is 0. The molecular formula is C17H28. The molecule has 1 aliphatic carbocycles. The van der Waals surface area contributed by atoms with Crippen LogP contribution in [-0.2, 0) is 0 Å². The molecule has 17 heavy (non-hydrogen) atoms. The van der Waals surface area contributed by atoms with Gasteiger partial charge in [0.05, 0.1) is 0 Å². The summed E-state index contributed by atoms with van der Waals surface area (Å²) in [6.45, 7) is 11.1. The van der Waals surface area contributed by atoms with Gasteiger partial charge in [-0.15, -0.1) is 0 Å². The molecule has 3 atom stereocenters. The Hall–Kier alpha value is -0.780. The standard InChI is InChI=1S/C15H22.C2H6/c1-4-7-13-10-11(2)12(3)14-8-5-6-9-15(13)14;1-2/h5-6,8-9,11-13H,4,7,10H2,1-3H3;1-2H3. The van der Waals surface area contributed by atoms with E-state index in [9.17, 15) is 0 Å². The van der Waals surface area contributed by atoms with E-state index in [1.54, 1.807) is 11.1 Å². The molecule has 0 saturated carbocycles. The van der Waals surface area contributed by atoms with Gasteiger partial charge in [-0.25, -0.2) is 0 Å². The van der Waals surface area contributed by atoms with Crippen molar-refractivity contribution in [3.63, 3.8) is 0 Å². The van der Waals surface area contributed by atoms with Gasteiger partial charge >= 0.3 is 0 Å². The van der Waals surface area contributed by atoms with Crippen LogP contribution in [0, 0.1) is 5.92 Å². The van der Waals surface area contributed by atoms with E-state index in [1.165, 1.54) is 19.3 Å². The monoisotopic (exact) mass is 232 g/mol. The lowest BCUT2D eigenvalue weighted by Gasteiger charge is -2.34. The zero-order valence-electron chi connectivity index (χ0n) is 12.2. The molecule has 3 unspecified atom stereocenters. The molecule has 1 aromatic rings. The Balaban J connectivity index is 0.000000686. The van der Waals surface area contributed by atoms with Crippen molar-refractivity contribution in [3.8, 4) is 0 Å². The third kappa shape index (κ3) is 3.12. The second-order valence-corrected chi connectivity index (χ2v) is 5.12. The Bertz CT molecular complexity index is 327. The number of benzene rings is 1. The lowest BCUT2D eigenvalue weighted by molar-refractivity contribution is 0.364. The molecule has 2 rings (SSSR count). The van der Waals surface area contributed by atoms with Gasteiger partial charge in [0.2, 0.25) is 0 Å². The average Bonchev–Trinajstić information content (AvgIpc) is 2.38. The van der Waals surface area contributed by atoms with Crippen LogP contribution in [0.4, 0.5) is 0 Å². The van der Waals surface area contributed by atoms with Crippen molar-refractivity contribution < 1.29 is 0 Å². The van der Waals surface area contributed by atoms with Crippen molar-refractivity contribution >= 4 is 0 Å². The van der Waals surface area contributed by atoms with E-state index in [0.717, 1.165) is 17.8 Å². The summed E-state index contributed by atoms with van der Waals surface area (Å²) in [5, 5.41) is 0. The Morgan fingerprint density at radius 1 is 1.06 bits per heavy atom. The van der Waals surface area contributed by atoms with Gasteiger partial charge in [0.1, 0.15) is 0 Å². The summed E-state index contributed by atoms with van der Waals surface area (Å²) in [5.74, 6) is 2.41. The van der Waals surface area contributed by atoms with Crippen molar-refractivity contribution in [1.82, 2.24) is 0 Å². The van der Waals surface area contributed by atoms with E-state index in [-0.39, 0.29) is 0 Å². The first-order valence-corrected chi connectivity index (χ1v) is 7.32. The van der Waals surface area contributed by atoms with Gasteiger partial charge in [-0.2, -0.15) is 0 Å². The van der Waals surface area contributed by atoms with Gasteiger partial charge in [-0.1, -0.05) is 65.3 Å². The first-order valence-electron chi connectivity index (χ1n) is 7.32. The Kier molecular flexibility index (Phi) is 5.74. The van der Waals surface area contributed by atoms with Crippen LogP contribution in [0.5, 0.6) is 0 Å². The molecule has 0 saturated heterocycles. The van der Waals surface area contributed by atoms with Crippen molar-refractivity contribution in [2.45, 2.75) is 65.7 Å². The van der Waals surface area contributed by atoms with E-state index in [4.69, 9.17) is 0 Å². The SMILES string of the molecule is CC.CCCC1CC(C)C(C)c2ccccc21. The van der Waals surface area contributed by atoms with Crippen LogP contribution in [0.2, 0.25) is 0 Å². The van der Waals surface area contributed by atoms with Crippen LogP contribution < -0.4 is 0 Å². The largest absolute Gasteiger partial charge is 0.0683 e. The molecule has 0 heteroatoms. The fraction of sp³-hybridized carbons (Fsp3) is 0.647. The minimum atomic E-state index is 0.745. The predicted octanol–water partition coefficient (Wildman–Crippen LogP) is 5.74. The minimum absolute atomic E-state index is 0.745. The maximum Gasteiger partial charge on any atom is -0.0156 e. The number of hydrogen-bond donors (Lipinski definition) is 0. The highest BCUT2D eigenvalue weighted by Gasteiger charge is 2.28. The van der Waals surface area contributed by atoms with Crippen LogP contribution in [0.25, 0.3) is 0 Å². The van der Waals surface area contributed by atoms with Crippen LogP contribution >= 0.6 is 0 Å². The summed E-state index contributed by atoms with van der Waals surface area (Å²) >= 11 is 0. The molecule has 0 radical (unpaired) electrons. The van der Waals surface area contributed by atoms with E-state index in [1.807, 2.05) is 13.8 Å². The molecule has 0 amide bonds. The molecule has 0 nitrogen and oxygen atoms in total. The smallest absolute Gasteiger partial charge is 0.0156 e. The second kappa shape index (κ2) is 6.83. The first-order chi connectivity index (χ1) is 8.24. The van der Waals surface area contributed by atoms with Crippen molar-refractivity contribution in [2.24, 2.45) is 5.92 Å². The normalized spacial score (nSPS) is 26.8. The van der Waals surface area contributed by atoms with Crippen molar-refractivity contribution in [1.29, 1.82) is 0 Å². The van der Waals surface area contributed by atoms with Crippen molar-refractivity contribution in [3.05, 3.63) is 35.4 Å². The quantitative estimate of drug-likeness (QED) is 0.610. The highest BCUT2D eigenvalue weighted by molar-refractivity contribution is 5.35. The molecule has 1 aliphatic rings. The van der Waals surface area contributed by atoms with Crippen molar-refractivity contribution in [2.75, 3.05) is 0 Å². The van der Waals surface area contributed by atoms with Gasteiger partial charge in [-0.3, -0.25) is 0 Å². The van der Waals surface area contributed by atoms with Gasteiger partial charge in [0, 0.05) is 0 Å². The summed E-state index contributed by atoms with van der Waals surface area (Å²) in [7, 11) is 0. The molecule has 0 spiro atoms. The fourth-order valence-electron chi connectivity index (χ4n) is 3.01. The van der Waals surface area contributed by atoms with Crippen LogP contribution in [0.3, 0.4) is 0 Å². The number of fused-ring (bicyclic) bond motifs is 1. The van der Waals surface area contributed by atoms with E-state index in [2.05, 4.69) is 45.0 Å². The van der Waals surface area contributed by atoms with E-state index < -0.39 is 0 Å². The van der Waals surface area contributed by atoms with Gasteiger partial charge < -0.3 is 0 Å². The summed E-state index contributed by atoms with van der Waals surface area (Å²) in [6.07, 6.45) is 4.04. The number of rotatable bonds is 2. The zero-order valence-corrected chi connectivity index (χ0v) is 12.2. The van der Waals surface area contributed by atoms with E-state index in [0.29, 0.717) is 0 Å². The van der Waals surface area contributed by atoms with Gasteiger partial charge in [0.25, 0.3) is 0 Å². The Morgan fingerprint density at radius 2 is 1.65 bits per heavy atom. The molecule has 0 aliphatic heterocycles. The molecule has 0 bridgehead atoms. The fourth-order valence-corrected chi connectivity index (χ4v) is 3.01. The lowest BCUT2D eigenvalue weighted by Crippen LogP contribution is -2.20. The molecule has 96 valence electrons. The lowest BCUT2D eigenvalue weighted by atomic mass is 9.70. The van der Waals surface area contributed by atoms with Gasteiger partial charge in [0.15, 0.2) is 0 Å². The second-order valence-electron chi connectivity index (χ2n) is 5.12. The average molecular weight is 232 g/mol. The van der Waals surface area contributed by atoms with Crippen LogP contribution in [0.1, 0.15) is 76.8 Å². The van der Waals surface area contributed by atoms with Crippen LogP contribution in [0.15, 0.2) is 24.3 Å².